The number of nitrogens with one attached hydrogen (secondary N) is 1. The summed E-state index contributed by atoms with van der Waals surface area (Å²) < 4.78 is 37.8. The van der Waals surface area contributed by atoms with Crippen molar-refractivity contribution in [1.82, 2.24) is 24.2 Å². The number of aromatic nitrogens is 4. The van der Waals surface area contributed by atoms with E-state index in [0.29, 0.717) is 23.3 Å². The van der Waals surface area contributed by atoms with Crippen LogP contribution in [0.1, 0.15) is 59.5 Å². The molecular weight excluding hydrogens is 533 g/mol. The maximum absolute atomic E-state index is 12.8. The van der Waals surface area contributed by atoms with Gasteiger partial charge in [-0.25, -0.2) is 19.6 Å². The summed E-state index contributed by atoms with van der Waals surface area (Å²) in [5.74, 6) is -0.0209. The molecule has 2 bridgehead atoms. The average molecular weight is 571 g/mol. The smallest absolute Gasteiger partial charge is 0.322 e. The van der Waals surface area contributed by atoms with E-state index in [-0.39, 0.29) is 37.3 Å². The summed E-state index contributed by atoms with van der Waals surface area (Å²) in [7, 11) is -1.58. The van der Waals surface area contributed by atoms with Gasteiger partial charge in [0.2, 0.25) is 0 Å². The van der Waals surface area contributed by atoms with Crippen LogP contribution >= 0.6 is 8.53 Å². The minimum atomic E-state index is -1.58. The van der Waals surface area contributed by atoms with Gasteiger partial charge in [-0.2, -0.15) is 0 Å². The molecule has 2 saturated heterocycles. The van der Waals surface area contributed by atoms with E-state index in [1.165, 1.54) is 12.7 Å². The number of imidazole rings is 1. The van der Waals surface area contributed by atoms with E-state index in [1.807, 2.05) is 13.0 Å². The number of nitrogens with zero attached hydrogens (tertiary/aromatic N) is 6. The minimum absolute atomic E-state index is 0.0692. The molecule has 0 saturated carbocycles. The molecule has 1 N–H and O–H groups in total. The van der Waals surface area contributed by atoms with Crippen LogP contribution in [0.2, 0.25) is 0 Å². The topological polar surface area (TPSA) is 125 Å². The first-order chi connectivity index (χ1) is 19.8. The van der Waals surface area contributed by atoms with Gasteiger partial charge < -0.3 is 23.8 Å². The van der Waals surface area contributed by atoms with Crippen molar-refractivity contribution in [1.29, 1.82) is 0 Å². The largest absolute Gasteiger partial charge is 0.425 e. The molecule has 2 aromatic heterocycles. The Balaban J connectivity index is 1.43. The Morgan fingerprint density at radius 3 is 2.77 bits per heavy atom. The molecule has 1 amide bonds. The predicted octanol–water partition coefficient (Wildman–Crippen LogP) is 4.56. The number of benzene rings is 1. The van der Waals surface area contributed by atoms with E-state index in [1.54, 1.807) is 35.2 Å². The molecule has 13 heteroatoms. The van der Waals surface area contributed by atoms with Crippen molar-refractivity contribution in [3.63, 3.8) is 0 Å². The Morgan fingerprint density at radius 2 is 2.08 bits per heavy atom. The highest BCUT2D eigenvalue weighted by atomic mass is 31.2. The van der Waals surface area contributed by atoms with Crippen molar-refractivity contribution in [2.45, 2.75) is 77.6 Å². The number of fused-ring (bicyclic) bond motifs is 3. The third-order valence-corrected chi connectivity index (χ3v) is 8.70. The molecule has 5 unspecified atom stereocenters. The van der Waals surface area contributed by atoms with Crippen LogP contribution in [-0.4, -0.2) is 79.5 Å². The molecule has 214 valence electrons. The molecule has 5 atom stereocenters. The molecule has 2 fully saturated rings. The van der Waals surface area contributed by atoms with Gasteiger partial charge in [0, 0.05) is 25.6 Å². The lowest BCUT2D eigenvalue weighted by Crippen LogP contribution is -2.40. The summed E-state index contributed by atoms with van der Waals surface area (Å²) in [5.41, 5.74) is 0.366. The third kappa shape index (κ3) is 5.46. The number of ether oxygens (including phenoxy) is 2. The van der Waals surface area contributed by atoms with Crippen LogP contribution < -0.4 is 5.32 Å². The zero-order valence-corrected chi connectivity index (χ0v) is 24.2. The molecular formula is C27H36N7O5P. The van der Waals surface area contributed by atoms with Crippen LogP contribution in [0.15, 0.2) is 48.0 Å². The van der Waals surface area contributed by atoms with Crippen LogP contribution in [-0.2, 0) is 18.5 Å². The number of hydrogen-bond donors (Lipinski definition) is 1. The van der Waals surface area contributed by atoms with Gasteiger partial charge in [0.1, 0.15) is 24.1 Å². The maximum Gasteiger partial charge on any atom is 0.322 e. The maximum atomic E-state index is 12.8. The average Bonchev–Trinajstić information content (AvgIpc) is 3.63. The van der Waals surface area contributed by atoms with Crippen molar-refractivity contribution in [2.24, 2.45) is 4.99 Å². The highest BCUT2D eigenvalue weighted by Gasteiger charge is 2.62. The van der Waals surface area contributed by atoms with Gasteiger partial charge in [-0.05, 0) is 53.7 Å². The molecule has 3 aromatic rings. The van der Waals surface area contributed by atoms with E-state index in [4.69, 9.17) is 19.9 Å². The Hall–Kier alpha value is -3.02. The van der Waals surface area contributed by atoms with Crippen molar-refractivity contribution in [3.8, 4) is 0 Å². The standard InChI is InChI=1S/C27H36N7O5P/c1-7-28-16-37-40(34(17(2)3)18(4)5)39-22-21-26(38-27(22,6)13-36-21)33-15-31-20-23(29-14-30-24(20)33)32-25(35)19-11-9-8-10-12-19/h8-12,14-18,21-22,26H,7,13H2,1-6H3,(H,29,30,32,35)/i6D. The zero-order valence-electron chi connectivity index (χ0n) is 24.3. The van der Waals surface area contributed by atoms with Gasteiger partial charge in [0.15, 0.2) is 29.6 Å². The number of carbonyl (C=O) groups is 1. The first-order valence-corrected chi connectivity index (χ1v) is 14.5. The van der Waals surface area contributed by atoms with Crippen LogP contribution in [0.25, 0.3) is 11.2 Å². The molecule has 1 aromatic carbocycles. The lowest BCUT2D eigenvalue weighted by atomic mass is 10.0. The van der Waals surface area contributed by atoms with Gasteiger partial charge in [-0.15, -0.1) is 0 Å². The van der Waals surface area contributed by atoms with Crippen LogP contribution in [0, 0.1) is 0 Å². The fourth-order valence-corrected chi connectivity index (χ4v) is 6.64. The molecule has 0 radical (unpaired) electrons. The monoisotopic (exact) mass is 570 g/mol. The number of anilines is 1. The fraction of sp³-hybridized carbons (Fsp3) is 0.519. The van der Waals surface area contributed by atoms with Gasteiger partial charge >= 0.3 is 8.53 Å². The number of carbonyl (C=O) groups excluding carboxylic acids is 1. The summed E-state index contributed by atoms with van der Waals surface area (Å²) >= 11 is 0. The quantitative estimate of drug-likeness (QED) is 0.201. The number of aliphatic imine (C=N–C) groups is 1. The van der Waals surface area contributed by atoms with Crippen molar-refractivity contribution < 1.29 is 24.7 Å². The molecule has 40 heavy (non-hydrogen) atoms. The van der Waals surface area contributed by atoms with Gasteiger partial charge in [0.05, 0.1) is 12.9 Å². The molecule has 2 aliphatic rings. The van der Waals surface area contributed by atoms with E-state index in [9.17, 15) is 4.79 Å². The molecule has 2 aliphatic heterocycles. The number of amides is 1. The van der Waals surface area contributed by atoms with Crippen molar-refractivity contribution in [2.75, 3.05) is 18.5 Å². The normalized spacial score (nSPS) is 25.4. The summed E-state index contributed by atoms with van der Waals surface area (Å²) in [6.07, 6.45) is 2.61. The van der Waals surface area contributed by atoms with E-state index >= 15 is 0 Å². The van der Waals surface area contributed by atoms with Crippen LogP contribution in [0.5, 0.6) is 0 Å². The fourth-order valence-electron chi connectivity index (χ4n) is 4.97. The Kier molecular flexibility index (Phi) is 8.04. The van der Waals surface area contributed by atoms with Crippen LogP contribution in [0.4, 0.5) is 5.82 Å². The van der Waals surface area contributed by atoms with E-state index in [0.717, 1.165) is 0 Å². The minimum Gasteiger partial charge on any atom is -0.425 e. The second-order valence-corrected chi connectivity index (χ2v) is 11.6. The SMILES string of the molecule is [2H]CC12COC(C(n3cnc4c(NC(=O)c5ccccc5)ncnc43)O1)C2OP(OC=NCC)N(C(C)C)C(C)C. The summed E-state index contributed by atoms with van der Waals surface area (Å²) in [6.45, 7) is 11.0. The first-order valence-electron chi connectivity index (χ1n) is 14.0. The van der Waals surface area contributed by atoms with Crippen LogP contribution in [0.3, 0.4) is 0 Å². The van der Waals surface area contributed by atoms with E-state index < -0.39 is 32.6 Å². The number of hydrogen-bond acceptors (Lipinski definition) is 10. The predicted molar refractivity (Wildman–Crippen MR) is 152 cm³/mol. The highest BCUT2D eigenvalue weighted by molar-refractivity contribution is 7.45. The summed E-state index contributed by atoms with van der Waals surface area (Å²) in [5, 5.41) is 2.83. The van der Waals surface area contributed by atoms with Gasteiger partial charge in [-0.1, -0.05) is 18.2 Å². The van der Waals surface area contributed by atoms with E-state index in [2.05, 4.69) is 57.6 Å². The molecule has 0 spiro atoms. The zero-order chi connectivity index (χ0) is 29.1. The summed E-state index contributed by atoms with van der Waals surface area (Å²) in [4.78, 5) is 30.2. The molecule has 5 rings (SSSR count). The first kappa shape index (κ1) is 27.2. The second-order valence-electron chi connectivity index (χ2n) is 10.3. The highest BCUT2D eigenvalue weighted by Crippen LogP contribution is 2.55. The Morgan fingerprint density at radius 1 is 1.30 bits per heavy atom. The lowest BCUT2D eigenvalue weighted by Gasteiger charge is -2.36. The molecule has 12 nitrogen and oxygen atoms in total. The third-order valence-electron chi connectivity index (χ3n) is 6.72. The van der Waals surface area contributed by atoms with Gasteiger partial charge in [-0.3, -0.25) is 14.4 Å². The second kappa shape index (κ2) is 11.8. The van der Waals surface area contributed by atoms with Crippen molar-refractivity contribution >= 4 is 37.8 Å². The molecule has 0 aliphatic carbocycles. The summed E-state index contributed by atoms with van der Waals surface area (Å²) in [6, 6.07) is 9.15. The lowest BCUT2D eigenvalue weighted by molar-refractivity contribution is -0.164. The number of rotatable bonds is 11. The Labute approximate surface area is 236 Å². The van der Waals surface area contributed by atoms with Crippen molar-refractivity contribution in [3.05, 3.63) is 48.5 Å². The Bertz CT molecular complexity index is 1370. The molecule has 4 heterocycles. The van der Waals surface area contributed by atoms with Gasteiger partial charge in [0.25, 0.3) is 5.91 Å².